The molecule has 0 atom stereocenters. The van der Waals surface area contributed by atoms with Gasteiger partial charge in [0.15, 0.2) is 5.82 Å². The van der Waals surface area contributed by atoms with Crippen LogP contribution in [0.3, 0.4) is 0 Å². The van der Waals surface area contributed by atoms with Crippen molar-refractivity contribution in [1.82, 2.24) is 19.1 Å². The van der Waals surface area contributed by atoms with Gasteiger partial charge in [-0.3, -0.25) is 0 Å². The van der Waals surface area contributed by atoms with Crippen LogP contribution in [0.15, 0.2) is 152 Å². The molecule has 0 spiro atoms. The SMILES string of the molecule is N#Cc1cc(-n2c3ccc(C#N)cc3c3cc(C#N)ccc32)c(-c2cc(-c3ccccc3)nc(-c3ccccc3)n2)c(-n2c3ccc(C#N)cc3c3cc(C#N)ccc32)c1. The van der Waals surface area contributed by atoms with Crippen LogP contribution in [0.1, 0.15) is 27.8 Å². The largest absolute Gasteiger partial charge is 0.308 e. The molecular formula is C51H25N9. The number of nitrogens with zero attached hydrogens (tertiary/aromatic N) is 9. The third-order valence-corrected chi connectivity index (χ3v) is 10.8. The second-order valence-electron chi connectivity index (χ2n) is 14.2. The van der Waals surface area contributed by atoms with Crippen LogP contribution in [0.5, 0.6) is 0 Å². The molecule has 9 heteroatoms. The van der Waals surface area contributed by atoms with E-state index in [2.05, 4.69) is 39.5 Å². The molecule has 0 aliphatic rings. The minimum absolute atomic E-state index is 0.360. The zero-order chi connectivity index (χ0) is 40.9. The van der Waals surface area contributed by atoms with Crippen LogP contribution >= 0.6 is 0 Å². The van der Waals surface area contributed by atoms with Gasteiger partial charge in [-0.2, -0.15) is 26.3 Å². The zero-order valence-corrected chi connectivity index (χ0v) is 31.5. The molecule has 3 aromatic heterocycles. The van der Waals surface area contributed by atoms with Gasteiger partial charge in [0.1, 0.15) is 0 Å². The molecule has 0 fully saturated rings. The lowest BCUT2D eigenvalue weighted by Gasteiger charge is -2.21. The van der Waals surface area contributed by atoms with Gasteiger partial charge in [0, 0.05) is 38.2 Å². The second-order valence-corrected chi connectivity index (χ2v) is 14.2. The number of hydrogen-bond acceptors (Lipinski definition) is 7. The Bertz CT molecular complexity index is 3280. The summed E-state index contributed by atoms with van der Waals surface area (Å²) in [5, 5.41) is 53.8. The lowest BCUT2D eigenvalue weighted by atomic mass is 10.00. The Morgan fingerprint density at radius 2 is 0.717 bits per heavy atom. The predicted octanol–water partition coefficient (Wildman–Crippen LogP) is 11.0. The first-order valence-electron chi connectivity index (χ1n) is 18.9. The van der Waals surface area contributed by atoms with Crippen LogP contribution in [0.25, 0.3) is 88.9 Å². The number of aromatic nitrogens is 4. The van der Waals surface area contributed by atoms with Gasteiger partial charge in [0.05, 0.1) is 103 Å². The van der Waals surface area contributed by atoms with Gasteiger partial charge >= 0.3 is 0 Å². The quantitative estimate of drug-likeness (QED) is 0.169. The molecule has 0 saturated carbocycles. The summed E-state index contributed by atoms with van der Waals surface area (Å²) in [6.07, 6.45) is 0. The Kier molecular flexibility index (Phi) is 8.19. The first-order valence-corrected chi connectivity index (χ1v) is 18.9. The highest BCUT2D eigenvalue weighted by atomic mass is 15.0. The lowest BCUT2D eigenvalue weighted by molar-refractivity contribution is 1.11. The molecule has 274 valence electrons. The van der Waals surface area contributed by atoms with E-state index in [0.717, 1.165) is 54.7 Å². The smallest absolute Gasteiger partial charge is 0.160 e. The van der Waals surface area contributed by atoms with Gasteiger partial charge < -0.3 is 9.13 Å². The first-order chi connectivity index (χ1) is 29.5. The summed E-state index contributed by atoms with van der Waals surface area (Å²) in [6, 6.07) is 58.6. The summed E-state index contributed by atoms with van der Waals surface area (Å²) >= 11 is 0. The van der Waals surface area contributed by atoms with Gasteiger partial charge in [-0.15, -0.1) is 0 Å². The fraction of sp³-hybridized carbons (Fsp3) is 0. The van der Waals surface area contributed by atoms with Crippen LogP contribution in [-0.4, -0.2) is 19.1 Å². The fourth-order valence-electron chi connectivity index (χ4n) is 8.18. The Balaban J connectivity index is 1.43. The van der Waals surface area contributed by atoms with Crippen LogP contribution < -0.4 is 0 Å². The summed E-state index contributed by atoms with van der Waals surface area (Å²) in [7, 11) is 0. The van der Waals surface area contributed by atoms with Crippen LogP contribution in [-0.2, 0) is 0 Å². The standard InChI is InChI=1S/C51H25N9/c52-26-31-11-15-44-38(19-31)39-20-32(27-53)12-16-45(39)59(44)48-23-35(30-56)24-49(60-46-17-13-33(28-54)21-40(46)41-22-34(29-55)14-18-47(41)60)50(48)43-25-42(36-7-3-1-4-8-36)57-51(58-43)37-9-5-2-6-10-37/h1-25H. The van der Waals surface area contributed by atoms with Crippen molar-refractivity contribution in [3.63, 3.8) is 0 Å². The van der Waals surface area contributed by atoms with Crippen molar-refractivity contribution < 1.29 is 0 Å². The van der Waals surface area contributed by atoms with Crippen LogP contribution in [0.4, 0.5) is 0 Å². The fourth-order valence-corrected chi connectivity index (χ4v) is 8.18. The molecule has 0 aliphatic heterocycles. The van der Waals surface area contributed by atoms with Gasteiger partial charge in [-0.05, 0) is 91.0 Å². The van der Waals surface area contributed by atoms with Crippen molar-refractivity contribution in [2.75, 3.05) is 0 Å². The van der Waals surface area contributed by atoms with Crippen LogP contribution in [0.2, 0.25) is 0 Å². The third-order valence-electron chi connectivity index (χ3n) is 10.8. The van der Waals surface area contributed by atoms with E-state index in [4.69, 9.17) is 9.97 Å². The highest BCUT2D eigenvalue weighted by Gasteiger charge is 2.26. The summed E-state index contributed by atoms with van der Waals surface area (Å²) < 4.78 is 4.13. The predicted molar refractivity (Wildman–Crippen MR) is 231 cm³/mol. The monoisotopic (exact) mass is 763 g/mol. The van der Waals surface area contributed by atoms with Crippen molar-refractivity contribution in [3.8, 4) is 75.6 Å². The molecule has 10 rings (SSSR count). The Morgan fingerprint density at radius 1 is 0.350 bits per heavy atom. The molecule has 0 radical (unpaired) electrons. The van der Waals surface area contributed by atoms with Crippen molar-refractivity contribution in [1.29, 1.82) is 26.3 Å². The Labute approximate surface area is 343 Å². The Morgan fingerprint density at radius 3 is 1.10 bits per heavy atom. The highest BCUT2D eigenvalue weighted by molar-refractivity contribution is 6.13. The number of benzene rings is 7. The van der Waals surface area contributed by atoms with E-state index in [-0.39, 0.29) is 0 Å². The molecule has 60 heavy (non-hydrogen) atoms. The lowest BCUT2D eigenvalue weighted by Crippen LogP contribution is -2.07. The van der Waals surface area contributed by atoms with Crippen molar-refractivity contribution in [3.05, 3.63) is 179 Å². The average molecular weight is 764 g/mol. The van der Waals surface area contributed by atoms with Gasteiger partial charge in [0.2, 0.25) is 0 Å². The van der Waals surface area contributed by atoms with E-state index < -0.39 is 0 Å². The molecular weight excluding hydrogens is 739 g/mol. The maximum Gasteiger partial charge on any atom is 0.160 e. The zero-order valence-electron chi connectivity index (χ0n) is 31.5. The molecule has 3 heterocycles. The number of rotatable bonds is 5. The number of fused-ring (bicyclic) bond motifs is 6. The maximum atomic E-state index is 10.8. The number of hydrogen-bond donors (Lipinski definition) is 0. The van der Waals surface area contributed by atoms with E-state index in [9.17, 15) is 26.3 Å². The summed E-state index contributed by atoms with van der Waals surface area (Å²) in [5.74, 6) is 0.493. The maximum absolute atomic E-state index is 10.8. The molecule has 9 nitrogen and oxygen atoms in total. The number of nitriles is 5. The van der Waals surface area contributed by atoms with E-state index in [1.54, 1.807) is 24.3 Å². The summed E-state index contributed by atoms with van der Waals surface area (Å²) in [4.78, 5) is 10.4. The Hall–Kier alpha value is -9.33. The van der Waals surface area contributed by atoms with E-state index in [1.807, 2.05) is 127 Å². The minimum Gasteiger partial charge on any atom is -0.308 e. The topological polar surface area (TPSA) is 155 Å². The minimum atomic E-state index is 0.360. The van der Waals surface area contributed by atoms with Crippen molar-refractivity contribution in [2.24, 2.45) is 0 Å². The van der Waals surface area contributed by atoms with Gasteiger partial charge in [0.25, 0.3) is 0 Å². The van der Waals surface area contributed by atoms with E-state index in [0.29, 0.717) is 62.0 Å². The van der Waals surface area contributed by atoms with E-state index in [1.165, 1.54) is 0 Å². The first kappa shape index (κ1) is 35.1. The van der Waals surface area contributed by atoms with Crippen molar-refractivity contribution in [2.45, 2.75) is 0 Å². The van der Waals surface area contributed by atoms with Gasteiger partial charge in [-0.1, -0.05) is 60.7 Å². The molecule has 0 amide bonds. The molecule has 0 bridgehead atoms. The summed E-state index contributed by atoms with van der Waals surface area (Å²) in [5.41, 5.74) is 10.0. The van der Waals surface area contributed by atoms with Crippen LogP contribution in [0, 0.1) is 56.7 Å². The molecule has 0 aliphatic carbocycles. The average Bonchev–Trinajstić information content (AvgIpc) is 3.82. The summed E-state index contributed by atoms with van der Waals surface area (Å²) in [6.45, 7) is 0. The molecule has 10 aromatic rings. The second kappa shape index (κ2) is 14.0. The normalized spacial score (nSPS) is 10.9. The van der Waals surface area contributed by atoms with Gasteiger partial charge in [-0.25, -0.2) is 9.97 Å². The molecule has 0 unspecified atom stereocenters. The van der Waals surface area contributed by atoms with E-state index >= 15 is 0 Å². The highest BCUT2D eigenvalue weighted by Crippen LogP contribution is 2.44. The molecule has 0 N–H and O–H groups in total. The molecule has 7 aromatic carbocycles. The molecule has 0 saturated heterocycles. The van der Waals surface area contributed by atoms with Crippen molar-refractivity contribution >= 4 is 43.6 Å². The third kappa shape index (κ3) is 5.59.